The van der Waals surface area contributed by atoms with Gasteiger partial charge in [-0.15, -0.1) is 0 Å². The number of hydrogen-bond acceptors (Lipinski definition) is 4. The molecule has 0 aromatic rings. The molecule has 1 aliphatic heterocycles. The molecule has 128 valence electrons. The summed E-state index contributed by atoms with van der Waals surface area (Å²) in [4.78, 5) is 26.2. The molecule has 1 fully saturated rings. The lowest BCUT2D eigenvalue weighted by Crippen LogP contribution is -2.48. The summed E-state index contributed by atoms with van der Waals surface area (Å²) < 4.78 is 10.7. The van der Waals surface area contributed by atoms with Crippen molar-refractivity contribution in [2.45, 2.75) is 46.1 Å². The van der Waals surface area contributed by atoms with Crippen LogP contribution in [-0.4, -0.2) is 62.3 Å². The third kappa shape index (κ3) is 6.32. The van der Waals surface area contributed by atoms with E-state index in [1.807, 2.05) is 13.8 Å². The molecule has 0 spiro atoms. The monoisotopic (exact) mass is 314 g/mol. The molecule has 0 radical (unpaired) electrons. The second kappa shape index (κ2) is 10.6. The van der Waals surface area contributed by atoms with Gasteiger partial charge in [0.1, 0.15) is 6.10 Å². The van der Waals surface area contributed by atoms with Gasteiger partial charge in [-0.3, -0.25) is 9.59 Å². The summed E-state index contributed by atoms with van der Waals surface area (Å²) in [7, 11) is 0. The molecule has 0 aliphatic carbocycles. The lowest BCUT2D eigenvalue weighted by atomic mass is 9.96. The van der Waals surface area contributed by atoms with Gasteiger partial charge in [0.15, 0.2) is 0 Å². The van der Waals surface area contributed by atoms with E-state index in [1.54, 1.807) is 11.8 Å². The summed E-state index contributed by atoms with van der Waals surface area (Å²) in [6, 6.07) is 0. The zero-order valence-electron chi connectivity index (χ0n) is 14.1. The number of ether oxygens (including phenoxy) is 2. The molecule has 2 amide bonds. The largest absolute Gasteiger partial charge is 0.379 e. The molecular formula is C16H30N2O4. The third-order valence-electron chi connectivity index (χ3n) is 3.80. The molecule has 0 aromatic carbocycles. The second-order valence-corrected chi connectivity index (χ2v) is 5.62. The quantitative estimate of drug-likeness (QED) is 0.649. The molecule has 6 heteroatoms. The minimum absolute atomic E-state index is 0.0375. The Bertz CT molecular complexity index is 349. The first-order valence-electron chi connectivity index (χ1n) is 8.36. The number of nitrogens with one attached hydrogen (secondary N) is 1. The van der Waals surface area contributed by atoms with Gasteiger partial charge in [-0.05, 0) is 33.1 Å². The van der Waals surface area contributed by atoms with E-state index in [9.17, 15) is 9.59 Å². The molecule has 1 rings (SSSR count). The number of carbonyl (C=O) groups excluding carboxylic acids is 2. The van der Waals surface area contributed by atoms with Gasteiger partial charge in [0.2, 0.25) is 5.91 Å². The fourth-order valence-corrected chi connectivity index (χ4v) is 2.54. The number of carbonyl (C=O) groups is 2. The number of amides is 2. The maximum absolute atomic E-state index is 12.4. The Hall–Kier alpha value is -1.14. The van der Waals surface area contributed by atoms with Crippen LogP contribution in [-0.2, 0) is 19.1 Å². The average Bonchev–Trinajstić information content (AvgIpc) is 2.55. The van der Waals surface area contributed by atoms with Crippen molar-refractivity contribution in [2.75, 3.05) is 39.5 Å². The predicted octanol–water partition coefficient (Wildman–Crippen LogP) is 1.19. The van der Waals surface area contributed by atoms with Gasteiger partial charge in [0, 0.05) is 26.2 Å². The minimum Gasteiger partial charge on any atom is -0.379 e. The van der Waals surface area contributed by atoms with Crippen molar-refractivity contribution >= 4 is 11.8 Å². The van der Waals surface area contributed by atoms with Gasteiger partial charge in [-0.1, -0.05) is 6.92 Å². The summed E-state index contributed by atoms with van der Waals surface area (Å²) >= 11 is 0. The van der Waals surface area contributed by atoms with E-state index >= 15 is 0 Å². The molecule has 0 bridgehead atoms. The van der Waals surface area contributed by atoms with Crippen LogP contribution in [0.3, 0.4) is 0 Å². The van der Waals surface area contributed by atoms with Gasteiger partial charge < -0.3 is 19.7 Å². The van der Waals surface area contributed by atoms with Crippen molar-refractivity contribution in [3.63, 3.8) is 0 Å². The van der Waals surface area contributed by atoms with E-state index in [4.69, 9.17) is 9.47 Å². The van der Waals surface area contributed by atoms with Gasteiger partial charge in [0.05, 0.1) is 19.1 Å². The SMILES string of the molecule is CCCNC(=O)[C@@H]1CCCN(C(=O)[C@H](C)OCCOCC)C1. The first-order valence-corrected chi connectivity index (χ1v) is 8.36. The van der Waals surface area contributed by atoms with Gasteiger partial charge in [-0.25, -0.2) is 0 Å². The molecule has 1 saturated heterocycles. The van der Waals surface area contributed by atoms with Gasteiger partial charge >= 0.3 is 0 Å². The first-order chi connectivity index (χ1) is 10.6. The van der Waals surface area contributed by atoms with Crippen LogP contribution < -0.4 is 5.32 Å². The molecule has 1 heterocycles. The van der Waals surface area contributed by atoms with Crippen LogP contribution in [0, 0.1) is 5.92 Å². The average molecular weight is 314 g/mol. The van der Waals surface area contributed by atoms with Crippen LogP contribution in [0.5, 0.6) is 0 Å². The fraction of sp³-hybridized carbons (Fsp3) is 0.875. The van der Waals surface area contributed by atoms with Crippen LogP contribution in [0.15, 0.2) is 0 Å². The number of hydrogen-bond donors (Lipinski definition) is 1. The van der Waals surface area contributed by atoms with Gasteiger partial charge in [0.25, 0.3) is 5.91 Å². The zero-order valence-corrected chi connectivity index (χ0v) is 14.1. The van der Waals surface area contributed by atoms with Crippen LogP contribution >= 0.6 is 0 Å². The van der Waals surface area contributed by atoms with Crippen molar-refractivity contribution in [1.82, 2.24) is 10.2 Å². The highest BCUT2D eigenvalue weighted by Crippen LogP contribution is 2.18. The van der Waals surface area contributed by atoms with Crippen molar-refractivity contribution in [2.24, 2.45) is 5.92 Å². The smallest absolute Gasteiger partial charge is 0.251 e. The first kappa shape index (κ1) is 18.9. The molecule has 6 nitrogen and oxygen atoms in total. The minimum atomic E-state index is -0.488. The van der Waals surface area contributed by atoms with Crippen LogP contribution in [0.25, 0.3) is 0 Å². The Morgan fingerprint density at radius 1 is 1.32 bits per heavy atom. The molecule has 22 heavy (non-hydrogen) atoms. The maximum atomic E-state index is 12.4. The molecule has 2 atom stereocenters. The van der Waals surface area contributed by atoms with Gasteiger partial charge in [-0.2, -0.15) is 0 Å². The van der Waals surface area contributed by atoms with Crippen LogP contribution in [0.1, 0.15) is 40.0 Å². The van der Waals surface area contributed by atoms with Crippen LogP contribution in [0.4, 0.5) is 0 Å². The van der Waals surface area contributed by atoms with Crippen LogP contribution in [0.2, 0.25) is 0 Å². The topological polar surface area (TPSA) is 67.9 Å². The molecule has 1 N–H and O–H groups in total. The van der Waals surface area contributed by atoms with Crippen molar-refractivity contribution < 1.29 is 19.1 Å². The number of piperidine rings is 1. The summed E-state index contributed by atoms with van der Waals surface area (Å²) in [6.07, 6.45) is 2.14. The summed E-state index contributed by atoms with van der Waals surface area (Å²) in [5.41, 5.74) is 0. The fourth-order valence-electron chi connectivity index (χ4n) is 2.54. The lowest BCUT2D eigenvalue weighted by molar-refractivity contribution is -0.146. The molecule has 0 unspecified atom stereocenters. The second-order valence-electron chi connectivity index (χ2n) is 5.62. The molecule has 0 saturated carbocycles. The lowest BCUT2D eigenvalue weighted by Gasteiger charge is -2.33. The Morgan fingerprint density at radius 2 is 2.09 bits per heavy atom. The van der Waals surface area contributed by atoms with Crippen molar-refractivity contribution in [1.29, 1.82) is 0 Å². The van der Waals surface area contributed by atoms with E-state index in [2.05, 4.69) is 5.32 Å². The molecule has 1 aliphatic rings. The predicted molar refractivity (Wildman–Crippen MR) is 84.5 cm³/mol. The van der Waals surface area contributed by atoms with E-state index in [0.717, 1.165) is 19.3 Å². The third-order valence-corrected chi connectivity index (χ3v) is 3.80. The Balaban J connectivity index is 2.39. The normalized spacial score (nSPS) is 19.8. The highest BCUT2D eigenvalue weighted by molar-refractivity contribution is 5.83. The van der Waals surface area contributed by atoms with E-state index in [1.165, 1.54) is 0 Å². The van der Waals surface area contributed by atoms with E-state index in [-0.39, 0.29) is 17.7 Å². The zero-order chi connectivity index (χ0) is 16.4. The standard InChI is InChI=1S/C16H30N2O4/c1-4-8-17-15(19)14-7-6-9-18(12-14)16(20)13(3)22-11-10-21-5-2/h13-14H,4-12H2,1-3H3,(H,17,19)/t13-,14+/m0/s1. The van der Waals surface area contributed by atoms with E-state index in [0.29, 0.717) is 39.5 Å². The Kier molecular flexibility index (Phi) is 9.08. The Morgan fingerprint density at radius 3 is 2.77 bits per heavy atom. The van der Waals surface area contributed by atoms with Crippen molar-refractivity contribution in [3.8, 4) is 0 Å². The number of likely N-dealkylation sites (tertiary alicyclic amines) is 1. The van der Waals surface area contributed by atoms with E-state index < -0.39 is 6.10 Å². The summed E-state index contributed by atoms with van der Waals surface area (Å²) in [5.74, 6) is -0.0753. The summed E-state index contributed by atoms with van der Waals surface area (Å²) in [5, 5.41) is 2.91. The van der Waals surface area contributed by atoms with Crippen molar-refractivity contribution in [3.05, 3.63) is 0 Å². The molecular weight excluding hydrogens is 284 g/mol. The summed E-state index contributed by atoms with van der Waals surface area (Å²) in [6.45, 7) is 9.15. The number of rotatable bonds is 9. The highest BCUT2D eigenvalue weighted by Gasteiger charge is 2.30. The Labute approximate surface area is 133 Å². The number of nitrogens with zero attached hydrogens (tertiary/aromatic N) is 1. The molecule has 0 aromatic heterocycles. The maximum Gasteiger partial charge on any atom is 0.251 e. The highest BCUT2D eigenvalue weighted by atomic mass is 16.5.